The van der Waals surface area contributed by atoms with Gasteiger partial charge in [0.15, 0.2) is 0 Å². The lowest BCUT2D eigenvalue weighted by Crippen LogP contribution is -2.32. The van der Waals surface area contributed by atoms with Crippen molar-refractivity contribution in [3.05, 3.63) is 35.6 Å². The lowest BCUT2D eigenvalue weighted by Gasteiger charge is -2.15. The highest BCUT2D eigenvalue weighted by Crippen LogP contribution is 2.12. The summed E-state index contributed by atoms with van der Waals surface area (Å²) in [6, 6.07) is 5.67. The van der Waals surface area contributed by atoms with Crippen molar-refractivity contribution in [1.82, 2.24) is 5.32 Å². The summed E-state index contributed by atoms with van der Waals surface area (Å²) in [4.78, 5) is 0. The molecule has 0 spiro atoms. The van der Waals surface area contributed by atoms with Gasteiger partial charge in [0.1, 0.15) is 5.82 Å². The van der Waals surface area contributed by atoms with Crippen molar-refractivity contribution in [2.75, 3.05) is 13.2 Å². The predicted molar refractivity (Wildman–Crippen MR) is 55.9 cm³/mol. The Kier molecular flexibility index (Phi) is 4.68. The van der Waals surface area contributed by atoms with Crippen LogP contribution < -0.4 is 5.32 Å². The normalized spacial score (nSPS) is 14.9. The van der Waals surface area contributed by atoms with Gasteiger partial charge >= 0.3 is 0 Å². The van der Waals surface area contributed by atoms with Crippen molar-refractivity contribution in [2.45, 2.75) is 19.1 Å². The average Bonchev–Trinajstić information content (AvgIpc) is 2.26. The molecule has 15 heavy (non-hydrogen) atoms. The van der Waals surface area contributed by atoms with Crippen LogP contribution in [-0.4, -0.2) is 29.4 Å². The lowest BCUT2D eigenvalue weighted by atomic mass is 10.1. The molecule has 84 valence electrons. The fourth-order valence-electron chi connectivity index (χ4n) is 1.18. The number of nitrogens with one attached hydrogen (secondary N) is 1. The zero-order chi connectivity index (χ0) is 11.3. The molecule has 2 atom stereocenters. The van der Waals surface area contributed by atoms with E-state index >= 15 is 0 Å². The molecule has 0 aliphatic carbocycles. The van der Waals surface area contributed by atoms with E-state index in [1.807, 2.05) is 6.92 Å². The maximum Gasteiger partial charge on any atom is 0.123 e. The topological polar surface area (TPSA) is 52.5 Å². The van der Waals surface area contributed by atoms with Gasteiger partial charge in [0, 0.05) is 12.6 Å². The van der Waals surface area contributed by atoms with Crippen LogP contribution in [0.25, 0.3) is 0 Å². The van der Waals surface area contributed by atoms with Crippen LogP contribution in [0.15, 0.2) is 24.3 Å². The van der Waals surface area contributed by atoms with E-state index < -0.39 is 6.10 Å². The van der Waals surface area contributed by atoms with E-state index in [9.17, 15) is 9.50 Å². The third-order valence-electron chi connectivity index (χ3n) is 2.19. The fraction of sp³-hybridized carbons (Fsp3) is 0.455. The van der Waals surface area contributed by atoms with Crippen LogP contribution in [0.1, 0.15) is 18.6 Å². The van der Waals surface area contributed by atoms with Gasteiger partial charge in [-0.3, -0.25) is 0 Å². The minimum Gasteiger partial charge on any atom is -0.395 e. The molecule has 0 saturated carbocycles. The minimum absolute atomic E-state index is 0.0239. The number of hydrogen-bond acceptors (Lipinski definition) is 3. The monoisotopic (exact) mass is 213 g/mol. The summed E-state index contributed by atoms with van der Waals surface area (Å²) >= 11 is 0. The highest BCUT2D eigenvalue weighted by Gasteiger charge is 2.08. The Morgan fingerprint density at radius 1 is 1.33 bits per heavy atom. The molecule has 0 aliphatic heterocycles. The summed E-state index contributed by atoms with van der Waals surface area (Å²) < 4.78 is 12.6. The summed E-state index contributed by atoms with van der Waals surface area (Å²) in [7, 11) is 0. The lowest BCUT2D eigenvalue weighted by molar-refractivity contribution is 0.161. The molecule has 4 heteroatoms. The van der Waals surface area contributed by atoms with Crippen LogP contribution in [0.4, 0.5) is 4.39 Å². The first-order chi connectivity index (χ1) is 7.13. The first-order valence-electron chi connectivity index (χ1n) is 4.91. The minimum atomic E-state index is -0.681. The van der Waals surface area contributed by atoms with Crippen molar-refractivity contribution in [2.24, 2.45) is 0 Å². The number of hydrogen-bond donors (Lipinski definition) is 3. The van der Waals surface area contributed by atoms with Gasteiger partial charge in [0.2, 0.25) is 0 Å². The highest BCUT2D eigenvalue weighted by atomic mass is 19.1. The predicted octanol–water partition coefficient (Wildman–Crippen LogP) is 0.830. The summed E-state index contributed by atoms with van der Waals surface area (Å²) in [6.07, 6.45) is -0.681. The summed E-state index contributed by atoms with van der Waals surface area (Å²) in [5.41, 5.74) is 0.661. The van der Waals surface area contributed by atoms with Crippen LogP contribution in [-0.2, 0) is 0 Å². The van der Waals surface area contributed by atoms with Crippen molar-refractivity contribution in [3.8, 4) is 0 Å². The van der Waals surface area contributed by atoms with E-state index in [2.05, 4.69) is 5.32 Å². The molecule has 0 saturated heterocycles. The van der Waals surface area contributed by atoms with Crippen LogP contribution in [0, 0.1) is 5.82 Å². The van der Waals surface area contributed by atoms with Crippen molar-refractivity contribution < 1.29 is 14.6 Å². The van der Waals surface area contributed by atoms with Crippen LogP contribution in [0.3, 0.4) is 0 Å². The van der Waals surface area contributed by atoms with Crippen LogP contribution in [0.2, 0.25) is 0 Å². The number of benzene rings is 1. The fourth-order valence-corrected chi connectivity index (χ4v) is 1.18. The molecule has 0 aromatic heterocycles. The first kappa shape index (κ1) is 12.1. The van der Waals surface area contributed by atoms with Gasteiger partial charge in [0.25, 0.3) is 0 Å². The Morgan fingerprint density at radius 2 is 1.93 bits per heavy atom. The van der Waals surface area contributed by atoms with Gasteiger partial charge in [-0.25, -0.2) is 4.39 Å². The Balaban J connectivity index is 2.46. The standard InChI is InChI=1S/C11H16FNO2/c1-8(7-14)13-6-11(15)9-2-4-10(12)5-3-9/h2-5,8,11,13-15H,6-7H2,1H3/t8-,11?/m0/s1. The molecule has 3 N–H and O–H groups in total. The Bertz CT molecular complexity index is 289. The number of aliphatic hydroxyl groups is 2. The van der Waals surface area contributed by atoms with E-state index in [0.717, 1.165) is 0 Å². The Morgan fingerprint density at radius 3 is 2.47 bits per heavy atom. The molecule has 0 amide bonds. The van der Waals surface area contributed by atoms with Crippen molar-refractivity contribution in [3.63, 3.8) is 0 Å². The van der Waals surface area contributed by atoms with E-state index in [1.165, 1.54) is 12.1 Å². The molecule has 1 aromatic carbocycles. The van der Waals surface area contributed by atoms with Gasteiger partial charge in [-0.05, 0) is 24.6 Å². The highest BCUT2D eigenvalue weighted by molar-refractivity contribution is 5.18. The number of halogens is 1. The third kappa shape index (κ3) is 3.95. The summed E-state index contributed by atoms with van der Waals surface area (Å²) in [6.45, 7) is 2.18. The molecular weight excluding hydrogens is 197 g/mol. The molecule has 0 heterocycles. The van der Waals surface area contributed by atoms with E-state index in [4.69, 9.17) is 5.11 Å². The molecule has 0 radical (unpaired) electrons. The molecule has 0 fully saturated rings. The smallest absolute Gasteiger partial charge is 0.123 e. The van der Waals surface area contributed by atoms with Crippen LogP contribution >= 0.6 is 0 Å². The quantitative estimate of drug-likeness (QED) is 0.679. The van der Waals surface area contributed by atoms with E-state index in [-0.39, 0.29) is 18.5 Å². The SMILES string of the molecule is C[C@@H](CO)NCC(O)c1ccc(F)cc1. The second-order valence-electron chi connectivity index (χ2n) is 3.56. The number of rotatable bonds is 5. The van der Waals surface area contributed by atoms with Gasteiger partial charge in [-0.1, -0.05) is 12.1 Å². The van der Waals surface area contributed by atoms with Crippen molar-refractivity contribution >= 4 is 0 Å². The zero-order valence-electron chi connectivity index (χ0n) is 8.65. The molecule has 0 aliphatic rings. The third-order valence-corrected chi connectivity index (χ3v) is 2.19. The molecule has 1 rings (SSSR count). The summed E-state index contributed by atoms with van der Waals surface area (Å²) in [5.74, 6) is -0.317. The maximum atomic E-state index is 12.6. The maximum absolute atomic E-state index is 12.6. The average molecular weight is 213 g/mol. The molecular formula is C11H16FNO2. The summed E-state index contributed by atoms with van der Waals surface area (Å²) in [5, 5.41) is 21.4. The molecule has 1 unspecified atom stereocenters. The van der Waals surface area contributed by atoms with E-state index in [0.29, 0.717) is 12.1 Å². The first-order valence-corrected chi connectivity index (χ1v) is 4.91. The molecule has 3 nitrogen and oxygen atoms in total. The van der Waals surface area contributed by atoms with Crippen LogP contribution in [0.5, 0.6) is 0 Å². The Labute approximate surface area is 88.6 Å². The largest absolute Gasteiger partial charge is 0.395 e. The molecule has 1 aromatic rings. The van der Waals surface area contributed by atoms with Gasteiger partial charge < -0.3 is 15.5 Å². The van der Waals surface area contributed by atoms with Gasteiger partial charge in [0.05, 0.1) is 12.7 Å². The second kappa shape index (κ2) is 5.80. The molecule has 0 bridgehead atoms. The van der Waals surface area contributed by atoms with E-state index in [1.54, 1.807) is 12.1 Å². The van der Waals surface area contributed by atoms with Gasteiger partial charge in [-0.15, -0.1) is 0 Å². The second-order valence-corrected chi connectivity index (χ2v) is 3.56. The number of aliphatic hydroxyl groups excluding tert-OH is 2. The van der Waals surface area contributed by atoms with Gasteiger partial charge in [-0.2, -0.15) is 0 Å². The Hall–Kier alpha value is -0.970. The zero-order valence-corrected chi connectivity index (χ0v) is 8.65. The van der Waals surface area contributed by atoms with Crippen molar-refractivity contribution in [1.29, 1.82) is 0 Å².